The number of esters is 1. The molecule has 2 rings (SSSR count). The second kappa shape index (κ2) is 14.2. The van der Waals surface area contributed by atoms with E-state index in [2.05, 4.69) is 11.3 Å². The number of hydrogen-bond acceptors (Lipinski definition) is 6. The van der Waals surface area contributed by atoms with Crippen LogP contribution < -0.4 is 4.74 Å². The van der Waals surface area contributed by atoms with Gasteiger partial charge < -0.3 is 24.1 Å². The molecule has 2 aromatic rings. The van der Waals surface area contributed by atoms with E-state index in [1.807, 2.05) is 60.7 Å². The smallest absolute Gasteiger partial charge is 0.335 e. The van der Waals surface area contributed by atoms with Crippen molar-refractivity contribution in [3.05, 3.63) is 89.5 Å². The molecule has 0 aliphatic carbocycles. The van der Waals surface area contributed by atoms with Gasteiger partial charge in [0.2, 0.25) is 0 Å². The van der Waals surface area contributed by atoms with Crippen LogP contribution in [0.5, 0.6) is 5.75 Å². The Balaban J connectivity index is 1.89. The molecule has 0 amide bonds. The Kier molecular flexibility index (Phi) is 11.2. The van der Waals surface area contributed by atoms with Crippen molar-refractivity contribution in [2.24, 2.45) is 0 Å². The van der Waals surface area contributed by atoms with Crippen LogP contribution in [-0.2, 0) is 32.2 Å². The Hall–Kier alpha value is -2.93. The Bertz CT molecular complexity index is 858. The van der Waals surface area contributed by atoms with Gasteiger partial charge in [-0.15, -0.1) is 0 Å². The maximum absolute atomic E-state index is 11.6. The summed E-state index contributed by atoms with van der Waals surface area (Å²) in [5.41, 5.74) is 3.15. The van der Waals surface area contributed by atoms with E-state index in [-0.39, 0.29) is 5.57 Å². The van der Waals surface area contributed by atoms with Crippen LogP contribution in [0.1, 0.15) is 24.0 Å². The zero-order valence-corrected chi connectivity index (χ0v) is 18.8. The molecule has 2 aromatic carbocycles. The molecule has 0 unspecified atom stereocenters. The first kappa shape index (κ1) is 25.3. The number of carbonyl (C=O) groups excluding carboxylic acids is 1. The van der Waals surface area contributed by atoms with E-state index in [9.17, 15) is 9.90 Å². The minimum absolute atomic E-state index is 0.0475. The van der Waals surface area contributed by atoms with Crippen molar-refractivity contribution in [1.82, 2.24) is 0 Å². The molecular weight excluding hydrogens is 408 g/mol. The third-order valence-corrected chi connectivity index (χ3v) is 4.91. The molecule has 0 heterocycles. The molecule has 172 valence electrons. The lowest BCUT2D eigenvalue weighted by molar-refractivity contribution is -0.137. The van der Waals surface area contributed by atoms with Gasteiger partial charge in [-0.1, -0.05) is 55.1 Å². The summed E-state index contributed by atoms with van der Waals surface area (Å²) < 4.78 is 21.4. The van der Waals surface area contributed by atoms with Crippen molar-refractivity contribution in [2.75, 3.05) is 27.4 Å². The summed E-state index contributed by atoms with van der Waals surface area (Å²) in [5, 5.41) is 10.2. The number of benzene rings is 2. The Morgan fingerprint density at radius 2 is 1.66 bits per heavy atom. The first-order chi connectivity index (χ1) is 15.5. The SMILES string of the molecule is C=C(C(=O)OC)[C@H](O)CC/C(=C/COCc1ccccc1)COCc1ccc(OC)cc1. The highest BCUT2D eigenvalue weighted by molar-refractivity contribution is 5.88. The summed E-state index contributed by atoms with van der Waals surface area (Å²) in [4.78, 5) is 11.6. The molecule has 0 bridgehead atoms. The molecule has 6 nitrogen and oxygen atoms in total. The fourth-order valence-corrected chi connectivity index (χ4v) is 2.95. The summed E-state index contributed by atoms with van der Waals surface area (Å²) in [6.45, 7) is 5.39. The monoisotopic (exact) mass is 440 g/mol. The standard InChI is InChI=1S/C26H32O6/c1-20(26(28)30-3)25(27)14-11-23(15-16-31-17-21-7-5-4-6-8-21)19-32-18-22-9-12-24(29-2)13-10-22/h4-10,12-13,15,25,27H,1,11,14,16-19H2,2-3H3/b23-15-/t25-/m1/s1. The van der Waals surface area contributed by atoms with E-state index in [1.54, 1.807) is 7.11 Å². The van der Waals surface area contributed by atoms with Gasteiger partial charge in [0.1, 0.15) is 5.75 Å². The van der Waals surface area contributed by atoms with E-state index >= 15 is 0 Å². The Morgan fingerprint density at radius 3 is 2.31 bits per heavy atom. The second-order valence-corrected chi connectivity index (χ2v) is 7.28. The lowest BCUT2D eigenvalue weighted by atomic mass is 10.0. The van der Waals surface area contributed by atoms with Gasteiger partial charge in [0.05, 0.1) is 52.3 Å². The summed E-state index contributed by atoms with van der Waals surface area (Å²) in [5.74, 6) is 0.190. The molecular formula is C26H32O6. The van der Waals surface area contributed by atoms with Crippen molar-refractivity contribution in [2.45, 2.75) is 32.2 Å². The zero-order chi connectivity index (χ0) is 23.2. The van der Waals surface area contributed by atoms with Gasteiger partial charge in [0.15, 0.2) is 0 Å². The predicted molar refractivity (Wildman–Crippen MR) is 123 cm³/mol. The molecule has 0 radical (unpaired) electrons. The predicted octanol–water partition coefficient (Wildman–Crippen LogP) is 4.23. The Labute approximate surface area is 190 Å². The third kappa shape index (κ3) is 9.06. The highest BCUT2D eigenvalue weighted by Gasteiger charge is 2.17. The molecule has 0 spiro atoms. The number of carbonyl (C=O) groups is 1. The van der Waals surface area contributed by atoms with Crippen LogP contribution in [-0.4, -0.2) is 44.6 Å². The first-order valence-corrected chi connectivity index (χ1v) is 10.5. The minimum Gasteiger partial charge on any atom is -0.497 e. The van der Waals surface area contributed by atoms with E-state index in [0.717, 1.165) is 22.4 Å². The fraction of sp³-hybridized carbons (Fsp3) is 0.346. The van der Waals surface area contributed by atoms with Gasteiger partial charge in [-0.25, -0.2) is 4.79 Å². The molecule has 32 heavy (non-hydrogen) atoms. The third-order valence-electron chi connectivity index (χ3n) is 4.91. The highest BCUT2D eigenvalue weighted by Crippen LogP contribution is 2.16. The molecule has 0 saturated carbocycles. The van der Waals surface area contributed by atoms with Gasteiger partial charge >= 0.3 is 5.97 Å². The fourth-order valence-electron chi connectivity index (χ4n) is 2.95. The number of methoxy groups -OCH3 is 2. The number of rotatable bonds is 14. The van der Waals surface area contributed by atoms with Crippen molar-refractivity contribution in [1.29, 1.82) is 0 Å². The van der Waals surface area contributed by atoms with Crippen LogP contribution >= 0.6 is 0 Å². The minimum atomic E-state index is -0.974. The number of aliphatic hydroxyl groups is 1. The number of aliphatic hydroxyl groups excluding tert-OH is 1. The molecule has 6 heteroatoms. The van der Waals surface area contributed by atoms with Gasteiger partial charge in [0, 0.05) is 0 Å². The average molecular weight is 441 g/mol. The lowest BCUT2D eigenvalue weighted by Crippen LogP contribution is -2.18. The van der Waals surface area contributed by atoms with E-state index < -0.39 is 12.1 Å². The van der Waals surface area contributed by atoms with Crippen LogP contribution in [0.25, 0.3) is 0 Å². The zero-order valence-electron chi connectivity index (χ0n) is 18.8. The van der Waals surface area contributed by atoms with E-state index in [4.69, 9.17) is 14.2 Å². The molecule has 0 aliphatic rings. The quantitative estimate of drug-likeness (QED) is 0.205. The maximum Gasteiger partial charge on any atom is 0.335 e. The number of ether oxygens (including phenoxy) is 4. The van der Waals surface area contributed by atoms with Crippen molar-refractivity contribution in [3.63, 3.8) is 0 Å². The van der Waals surface area contributed by atoms with E-state index in [0.29, 0.717) is 39.3 Å². The molecule has 0 saturated heterocycles. The van der Waals surface area contributed by atoms with Gasteiger partial charge in [-0.05, 0) is 41.7 Å². The second-order valence-electron chi connectivity index (χ2n) is 7.28. The Morgan fingerprint density at radius 1 is 1.00 bits per heavy atom. The van der Waals surface area contributed by atoms with Crippen LogP contribution in [0.4, 0.5) is 0 Å². The lowest BCUT2D eigenvalue weighted by Gasteiger charge is -2.14. The van der Waals surface area contributed by atoms with Crippen molar-refractivity contribution >= 4 is 5.97 Å². The molecule has 0 aliphatic heterocycles. The van der Waals surface area contributed by atoms with E-state index in [1.165, 1.54) is 7.11 Å². The van der Waals surface area contributed by atoms with Crippen molar-refractivity contribution in [3.8, 4) is 5.75 Å². The summed E-state index contributed by atoms with van der Waals surface area (Å²) in [6.07, 6.45) is 1.86. The van der Waals surface area contributed by atoms with Crippen LogP contribution in [0.3, 0.4) is 0 Å². The first-order valence-electron chi connectivity index (χ1n) is 10.5. The highest BCUT2D eigenvalue weighted by atomic mass is 16.5. The molecule has 1 atom stereocenters. The average Bonchev–Trinajstić information content (AvgIpc) is 2.84. The summed E-state index contributed by atoms with van der Waals surface area (Å²) >= 11 is 0. The normalized spacial score (nSPS) is 12.3. The molecule has 0 aromatic heterocycles. The maximum atomic E-state index is 11.6. The largest absolute Gasteiger partial charge is 0.497 e. The topological polar surface area (TPSA) is 74.2 Å². The van der Waals surface area contributed by atoms with Gasteiger partial charge in [-0.2, -0.15) is 0 Å². The van der Waals surface area contributed by atoms with Gasteiger partial charge in [-0.3, -0.25) is 0 Å². The molecule has 0 fully saturated rings. The summed E-state index contributed by atoms with van der Waals surface area (Å²) in [7, 11) is 2.90. The van der Waals surface area contributed by atoms with Crippen molar-refractivity contribution < 1.29 is 28.8 Å². The van der Waals surface area contributed by atoms with Crippen LogP contribution in [0, 0.1) is 0 Å². The summed E-state index contributed by atoms with van der Waals surface area (Å²) in [6, 6.07) is 17.6. The van der Waals surface area contributed by atoms with Crippen LogP contribution in [0.2, 0.25) is 0 Å². The number of hydrogen-bond donors (Lipinski definition) is 1. The van der Waals surface area contributed by atoms with Crippen LogP contribution in [0.15, 0.2) is 78.4 Å². The van der Waals surface area contributed by atoms with Gasteiger partial charge in [0.25, 0.3) is 0 Å². The molecule has 1 N–H and O–H groups in total.